The molecule has 1 aliphatic heterocycles. The van der Waals surface area contributed by atoms with Gasteiger partial charge in [-0.05, 0) is 42.7 Å². The average Bonchev–Trinajstić information content (AvgIpc) is 2.95. The second-order valence-corrected chi connectivity index (χ2v) is 6.32. The largest absolute Gasteiger partial charge is 0.467 e. The predicted octanol–water partition coefficient (Wildman–Crippen LogP) is 3.96. The zero-order valence-electron chi connectivity index (χ0n) is 15.0. The SMILES string of the molecule is C=Cc1c(C)cc2c(c1OCOC)CN(CCc1ccc(F)cc1)C2=O. The number of aryl methyl sites for hydroxylation is 1. The van der Waals surface area contributed by atoms with Gasteiger partial charge in [0.25, 0.3) is 5.91 Å². The number of ether oxygens (including phenoxy) is 2. The van der Waals surface area contributed by atoms with Gasteiger partial charge in [0.1, 0.15) is 11.6 Å². The van der Waals surface area contributed by atoms with E-state index in [-0.39, 0.29) is 18.5 Å². The van der Waals surface area contributed by atoms with E-state index in [0.29, 0.717) is 30.8 Å². The van der Waals surface area contributed by atoms with Gasteiger partial charge in [-0.15, -0.1) is 0 Å². The summed E-state index contributed by atoms with van der Waals surface area (Å²) in [7, 11) is 1.56. The van der Waals surface area contributed by atoms with Crippen LogP contribution in [0.5, 0.6) is 5.75 Å². The molecule has 0 unspecified atom stereocenters. The molecule has 2 aromatic rings. The number of carbonyl (C=O) groups is 1. The van der Waals surface area contributed by atoms with Crippen molar-refractivity contribution in [2.24, 2.45) is 0 Å². The van der Waals surface area contributed by atoms with Crippen molar-refractivity contribution in [3.63, 3.8) is 0 Å². The van der Waals surface area contributed by atoms with E-state index in [4.69, 9.17) is 9.47 Å². The Morgan fingerprint density at radius 3 is 2.69 bits per heavy atom. The second-order valence-electron chi connectivity index (χ2n) is 6.32. The van der Waals surface area contributed by atoms with Gasteiger partial charge in [-0.3, -0.25) is 4.79 Å². The van der Waals surface area contributed by atoms with Crippen molar-refractivity contribution < 1.29 is 18.7 Å². The lowest BCUT2D eigenvalue weighted by Gasteiger charge is -2.16. The number of halogens is 1. The highest BCUT2D eigenvalue weighted by molar-refractivity contribution is 6.00. The molecule has 136 valence electrons. The highest BCUT2D eigenvalue weighted by Crippen LogP contribution is 2.37. The van der Waals surface area contributed by atoms with Crippen LogP contribution in [-0.2, 0) is 17.7 Å². The Bertz CT molecular complexity index is 830. The number of fused-ring (bicyclic) bond motifs is 1. The third kappa shape index (κ3) is 3.48. The molecule has 0 N–H and O–H groups in total. The number of methoxy groups -OCH3 is 1. The van der Waals surface area contributed by atoms with Gasteiger partial charge in [-0.1, -0.05) is 24.8 Å². The lowest BCUT2D eigenvalue weighted by Crippen LogP contribution is -2.26. The molecular formula is C21H22FNO3. The molecule has 0 aromatic heterocycles. The monoisotopic (exact) mass is 355 g/mol. The first-order valence-electron chi connectivity index (χ1n) is 8.49. The van der Waals surface area contributed by atoms with E-state index in [0.717, 1.165) is 22.3 Å². The molecule has 26 heavy (non-hydrogen) atoms. The first kappa shape index (κ1) is 18.1. The van der Waals surface area contributed by atoms with Crippen molar-refractivity contribution in [1.82, 2.24) is 4.90 Å². The maximum absolute atomic E-state index is 13.0. The lowest BCUT2D eigenvalue weighted by atomic mass is 9.99. The van der Waals surface area contributed by atoms with Crippen LogP contribution in [0.4, 0.5) is 4.39 Å². The Kier molecular flexibility index (Phi) is 5.38. The maximum Gasteiger partial charge on any atom is 0.254 e. The predicted molar refractivity (Wildman–Crippen MR) is 98.6 cm³/mol. The number of rotatable bonds is 7. The molecule has 0 aliphatic carbocycles. The van der Waals surface area contributed by atoms with Gasteiger partial charge in [0.15, 0.2) is 6.79 Å². The molecule has 0 saturated carbocycles. The third-order valence-corrected chi connectivity index (χ3v) is 4.61. The van der Waals surface area contributed by atoms with Gasteiger partial charge in [0, 0.05) is 30.3 Å². The second kappa shape index (κ2) is 7.70. The van der Waals surface area contributed by atoms with Crippen LogP contribution in [-0.4, -0.2) is 31.3 Å². The van der Waals surface area contributed by atoms with Crippen molar-refractivity contribution in [2.45, 2.75) is 19.9 Å². The topological polar surface area (TPSA) is 38.8 Å². The average molecular weight is 355 g/mol. The molecule has 2 aromatic carbocycles. The fraction of sp³-hybridized carbons (Fsp3) is 0.286. The summed E-state index contributed by atoms with van der Waals surface area (Å²) < 4.78 is 23.8. The number of hydrogen-bond acceptors (Lipinski definition) is 3. The van der Waals surface area contributed by atoms with E-state index < -0.39 is 0 Å². The van der Waals surface area contributed by atoms with E-state index in [1.807, 2.05) is 13.0 Å². The molecule has 3 rings (SSSR count). The minimum absolute atomic E-state index is 0.0110. The van der Waals surface area contributed by atoms with Crippen LogP contribution in [0.3, 0.4) is 0 Å². The molecule has 0 atom stereocenters. The first-order chi connectivity index (χ1) is 12.5. The van der Waals surface area contributed by atoms with Crippen LogP contribution in [0.25, 0.3) is 6.08 Å². The van der Waals surface area contributed by atoms with Crippen molar-refractivity contribution in [3.05, 3.63) is 70.5 Å². The Balaban J connectivity index is 1.83. The molecule has 0 saturated heterocycles. The fourth-order valence-electron chi connectivity index (χ4n) is 3.26. The minimum atomic E-state index is -0.259. The highest BCUT2D eigenvalue weighted by Gasteiger charge is 2.31. The van der Waals surface area contributed by atoms with Gasteiger partial charge in [0.05, 0.1) is 6.54 Å². The first-order valence-corrected chi connectivity index (χ1v) is 8.49. The van der Waals surface area contributed by atoms with Crippen LogP contribution in [0.15, 0.2) is 36.9 Å². The van der Waals surface area contributed by atoms with E-state index in [1.54, 1.807) is 30.2 Å². The Hall–Kier alpha value is -2.66. The zero-order valence-corrected chi connectivity index (χ0v) is 15.0. The molecule has 1 heterocycles. The number of benzene rings is 2. The van der Waals surface area contributed by atoms with Gasteiger partial charge in [-0.25, -0.2) is 4.39 Å². The van der Waals surface area contributed by atoms with Crippen LogP contribution in [0.2, 0.25) is 0 Å². The van der Waals surface area contributed by atoms with Gasteiger partial charge in [-0.2, -0.15) is 0 Å². The van der Waals surface area contributed by atoms with E-state index in [2.05, 4.69) is 6.58 Å². The lowest BCUT2D eigenvalue weighted by molar-refractivity contribution is 0.0500. The van der Waals surface area contributed by atoms with Crippen molar-refractivity contribution in [2.75, 3.05) is 20.4 Å². The van der Waals surface area contributed by atoms with Crippen LogP contribution < -0.4 is 4.74 Å². The van der Waals surface area contributed by atoms with E-state index >= 15 is 0 Å². The van der Waals surface area contributed by atoms with Crippen molar-refractivity contribution in [3.8, 4) is 5.75 Å². The minimum Gasteiger partial charge on any atom is -0.467 e. The van der Waals surface area contributed by atoms with Crippen LogP contribution in [0, 0.1) is 12.7 Å². The third-order valence-electron chi connectivity index (χ3n) is 4.61. The zero-order chi connectivity index (χ0) is 18.7. The summed E-state index contributed by atoms with van der Waals surface area (Å²) in [5.41, 5.74) is 4.35. The molecule has 0 fully saturated rings. The summed E-state index contributed by atoms with van der Waals surface area (Å²) in [5.74, 6) is 0.392. The Morgan fingerprint density at radius 2 is 2.04 bits per heavy atom. The molecule has 0 radical (unpaired) electrons. The Morgan fingerprint density at radius 1 is 1.31 bits per heavy atom. The Labute approximate surface area is 152 Å². The standard InChI is InChI=1S/C21H22FNO3/c1-4-17-14(2)11-18-19(20(17)26-13-25-3)12-23(21(18)24)10-9-15-5-7-16(22)8-6-15/h4-8,11H,1,9-10,12-13H2,2-3H3. The smallest absolute Gasteiger partial charge is 0.254 e. The quantitative estimate of drug-likeness (QED) is 0.706. The van der Waals surface area contributed by atoms with E-state index in [9.17, 15) is 9.18 Å². The number of carbonyl (C=O) groups excluding carboxylic acids is 1. The van der Waals surface area contributed by atoms with Crippen LogP contribution in [0.1, 0.15) is 32.6 Å². The molecule has 0 spiro atoms. The summed E-state index contributed by atoms with van der Waals surface area (Å²) in [6.45, 7) is 6.95. The van der Waals surface area contributed by atoms with Gasteiger partial charge in [0.2, 0.25) is 0 Å². The summed E-state index contributed by atoms with van der Waals surface area (Å²) in [6, 6.07) is 8.26. The summed E-state index contributed by atoms with van der Waals surface area (Å²) in [6.07, 6.45) is 2.41. The highest BCUT2D eigenvalue weighted by atomic mass is 19.1. The molecule has 4 nitrogen and oxygen atoms in total. The summed E-state index contributed by atoms with van der Waals surface area (Å²) in [5, 5.41) is 0. The molecule has 1 aliphatic rings. The molecule has 5 heteroatoms. The van der Waals surface area contributed by atoms with Gasteiger partial charge < -0.3 is 14.4 Å². The number of hydrogen-bond donors (Lipinski definition) is 0. The summed E-state index contributed by atoms with van der Waals surface area (Å²) in [4.78, 5) is 14.6. The van der Waals surface area contributed by atoms with Gasteiger partial charge >= 0.3 is 0 Å². The summed E-state index contributed by atoms with van der Waals surface area (Å²) >= 11 is 0. The van der Waals surface area contributed by atoms with Crippen molar-refractivity contribution in [1.29, 1.82) is 0 Å². The molecule has 1 amide bonds. The molecule has 0 bridgehead atoms. The van der Waals surface area contributed by atoms with Crippen LogP contribution >= 0.6 is 0 Å². The normalized spacial score (nSPS) is 13.0. The molecular weight excluding hydrogens is 333 g/mol. The van der Waals surface area contributed by atoms with Crippen molar-refractivity contribution >= 4 is 12.0 Å². The van der Waals surface area contributed by atoms with E-state index in [1.165, 1.54) is 12.1 Å². The maximum atomic E-state index is 13.0. The number of amides is 1. The number of nitrogens with zero attached hydrogens (tertiary/aromatic N) is 1. The fourth-order valence-corrected chi connectivity index (χ4v) is 3.26.